The zero-order chi connectivity index (χ0) is 24.6. The average molecular weight is 555 g/mol. The van der Waals surface area contributed by atoms with Gasteiger partial charge in [-0.3, -0.25) is 9.10 Å². The molecule has 0 fully saturated rings. The molecule has 2 rings (SSSR count). The van der Waals surface area contributed by atoms with Crippen molar-refractivity contribution in [2.45, 2.75) is 38.2 Å². The highest BCUT2D eigenvalue weighted by Crippen LogP contribution is 2.35. The van der Waals surface area contributed by atoms with Crippen LogP contribution in [-0.2, 0) is 14.8 Å². The highest BCUT2D eigenvalue weighted by atomic mass is 79.9. The van der Waals surface area contributed by atoms with Crippen molar-refractivity contribution in [3.63, 3.8) is 0 Å². The summed E-state index contributed by atoms with van der Waals surface area (Å²) in [6, 6.07) is 4.34. The number of allylic oxidation sites excluding steroid dienone is 2. The molecule has 0 bridgehead atoms. The first-order chi connectivity index (χ1) is 14.6. The molecule has 32 heavy (non-hydrogen) atoms. The van der Waals surface area contributed by atoms with Gasteiger partial charge < -0.3 is 9.64 Å². The maximum absolute atomic E-state index is 13.7. The van der Waals surface area contributed by atoms with Crippen molar-refractivity contribution in [1.29, 1.82) is 0 Å². The van der Waals surface area contributed by atoms with Crippen LogP contribution in [0.1, 0.15) is 19.4 Å². The number of rotatable bonds is 6. The summed E-state index contributed by atoms with van der Waals surface area (Å²) >= 11 is 8.34. The fourth-order valence-electron chi connectivity index (χ4n) is 3.22. The maximum atomic E-state index is 13.7. The largest absolute Gasteiger partial charge is 0.497 e. The van der Waals surface area contributed by atoms with Gasteiger partial charge >= 0.3 is 12.1 Å². The molecule has 0 aliphatic heterocycles. The lowest BCUT2D eigenvalue weighted by atomic mass is 10.1. The van der Waals surface area contributed by atoms with E-state index in [0.29, 0.717) is 21.9 Å². The van der Waals surface area contributed by atoms with E-state index >= 15 is 0 Å². The molecule has 0 aromatic heterocycles. The van der Waals surface area contributed by atoms with Crippen LogP contribution in [0.25, 0.3) is 0 Å². The molecule has 0 spiro atoms. The zero-order valence-electron chi connectivity index (χ0n) is 17.9. The summed E-state index contributed by atoms with van der Waals surface area (Å²) in [6.45, 7) is 5.06. The summed E-state index contributed by atoms with van der Waals surface area (Å²) in [7, 11) is -1.82. The van der Waals surface area contributed by atoms with E-state index in [-0.39, 0.29) is 15.0 Å². The molecule has 1 aromatic rings. The number of alkyl halides is 3. The number of nitrogens with zero attached hydrogens (tertiary/aromatic N) is 2. The number of aryl methyl sites for hydroxylation is 1. The minimum atomic E-state index is -5.13. The summed E-state index contributed by atoms with van der Waals surface area (Å²) < 4.78 is 72.6. The Kier molecular flexibility index (Phi) is 7.83. The molecule has 0 radical (unpaired) electrons. The quantitative estimate of drug-likeness (QED) is 0.485. The number of halogens is 4. The Labute approximate surface area is 198 Å². The van der Waals surface area contributed by atoms with Crippen LogP contribution < -0.4 is 9.04 Å². The summed E-state index contributed by atoms with van der Waals surface area (Å²) in [5.74, 6) is -1.59. The topological polar surface area (TPSA) is 66.9 Å². The number of sulfonamides is 1. The second-order valence-electron chi connectivity index (χ2n) is 7.32. The van der Waals surface area contributed by atoms with E-state index in [1.807, 2.05) is 0 Å². The number of likely N-dealkylation sites (N-methyl/N-ethyl adjacent to an activating group) is 1. The molecular formula is C20H22BrF3N2O4S2. The Bertz CT molecular complexity index is 1100. The van der Waals surface area contributed by atoms with E-state index in [4.69, 9.17) is 17.0 Å². The normalized spacial score (nSPS) is 17.1. The van der Waals surface area contributed by atoms with Gasteiger partial charge in [0.15, 0.2) is 0 Å². The lowest BCUT2D eigenvalue weighted by Crippen LogP contribution is -2.47. The third-order valence-corrected chi connectivity index (χ3v) is 8.07. The fraction of sp³-hybridized carbons (Fsp3) is 0.400. The molecule has 176 valence electrons. The second kappa shape index (κ2) is 9.52. The molecule has 0 N–H and O–H groups in total. The summed E-state index contributed by atoms with van der Waals surface area (Å²) in [6.07, 6.45) is -2.84. The number of benzene rings is 1. The number of anilines is 1. The number of carbonyl (C=O) groups excluding carboxylic acids is 1. The van der Waals surface area contributed by atoms with Gasteiger partial charge in [-0.15, -0.1) is 0 Å². The van der Waals surface area contributed by atoms with Crippen LogP contribution >= 0.6 is 28.1 Å². The number of hydrogen-bond donors (Lipinski definition) is 0. The van der Waals surface area contributed by atoms with Crippen LogP contribution in [-0.4, -0.2) is 55.7 Å². The predicted octanol–water partition coefficient (Wildman–Crippen LogP) is 4.48. The first-order valence-electron chi connectivity index (χ1n) is 9.29. The van der Waals surface area contributed by atoms with Crippen molar-refractivity contribution < 1.29 is 31.1 Å². The van der Waals surface area contributed by atoms with Crippen molar-refractivity contribution >= 4 is 54.6 Å². The van der Waals surface area contributed by atoms with Gasteiger partial charge in [-0.1, -0.05) is 12.2 Å². The van der Waals surface area contributed by atoms with Crippen LogP contribution in [0.3, 0.4) is 0 Å². The number of ether oxygens (including phenoxy) is 1. The number of methoxy groups -OCH3 is 1. The lowest BCUT2D eigenvalue weighted by molar-refractivity contribution is -0.181. The van der Waals surface area contributed by atoms with Crippen molar-refractivity contribution in [3.05, 3.63) is 46.1 Å². The Morgan fingerprint density at radius 2 is 1.88 bits per heavy atom. The van der Waals surface area contributed by atoms with E-state index in [1.165, 1.54) is 17.5 Å². The molecule has 0 saturated carbocycles. The fourth-order valence-corrected chi connectivity index (χ4v) is 6.54. The Morgan fingerprint density at radius 1 is 1.28 bits per heavy atom. The lowest BCUT2D eigenvalue weighted by Gasteiger charge is -2.34. The van der Waals surface area contributed by atoms with Gasteiger partial charge in [0.1, 0.15) is 11.0 Å². The van der Waals surface area contributed by atoms with Crippen LogP contribution in [0.4, 0.5) is 18.9 Å². The van der Waals surface area contributed by atoms with Gasteiger partial charge in [-0.05, 0) is 72.6 Å². The van der Waals surface area contributed by atoms with Gasteiger partial charge in [0.05, 0.1) is 18.5 Å². The predicted molar refractivity (Wildman–Crippen MR) is 125 cm³/mol. The van der Waals surface area contributed by atoms with E-state index < -0.39 is 33.4 Å². The minimum absolute atomic E-state index is 0.0229. The molecule has 1 aliphatic carbocycles. The third-order valence-electron chi connectivity index (χ3n) is 4.72. The second-order valence-corrected chi connectivity index (χ2v) is 10.6. The Morgan fingerprint density at radius 3 is 2.34 bits per heavy atom. The minimum Gasteiger partial charge on any atom is -0.497 e. The smallest absolute Gasteiger partial charge is 0.471 e. The van der Waals surface area contributed by atoms with Crippen molar-refractivity contribution in [2.24, 2.45) is 0 Å². The van der Waals surface area contributed by atoms with Crippen molar-refractivity contribution in [1.82, 2.24) is 4.90 Å². The van der Waals surface area contributed by atoms with Gasteiger partial charge in [-0.25, -0.2) is 8.42 Å². The highest BCUT2D eigenvalue weighted by Gasteiger charge is 2.44. The molecule has 0 heterocycles. The van der Waals surface area contributed by atoms with Crippen molar-refractivity contribution in [2.75, 3.05) is 18.5 Å². The maximum Gasteiger partial charge on any atom is 0.471 e. The van der Waals surface area contributed by atoms with Crippen LogP contribution in [0.2, 0.25) is 0 Å². The van der Waals surface area contributed by atoms with E-state index in [9.17, 15) is 26.4 Å². The average Bonchev–Trinajstić information content (AvgIpc) is 2.66. The Balaban J connectivity index is 2.60. The SMILES string of the molecule is COc1ccc(N(C(C)C)S(=O)(=O)C2C=C(N(C)C(=O)C(F)(F)F)C(Br)=CC2=S)c(C)c1. The van der Waals surface area contributed by atoms with E-state index in [1.54, 1.807) is 39.0 Å². The van der Waals surface area contributed by atoms with E-state index in [2.05, 4.69) is 15.9 Å². The molecule has 0 saturated heterocycles. The number of hydrogen-bond acceptors (Lipinski definition) is 5. The van der Waals surface area contributed by atoms with E-state index in [0.717, 1.165) is 13.1 Å². The monoisotopic (exact) mass is 554 g/mol. The van der Waals surface area contributed by atoms with Gasteiger partial charge in [0.25, 0.3) is 0 Å². The van der Waals surface area contributed by atoms with Gasteiger partial charge in [0.2, 0.25) is 10.0 Å². The Hall–Kier alpha value is -1.92. The molecule has 12 heteroatoms. The summed E-state index contributed by atoms with van der Waals surface area (Å²) in [4.78, 5) is 12.1. The van der Waals surface area contributed by atoms with Crippen LogP contribution in [0.15, 0.2) is 40.5 Å². The summed E-state index contributed by atoms with van der Waals surface area (Å²) in [5.41, 5.74) is 0.755. The van der Waals surface area contributed by atoms with Crippen molar-refractivity contribution in [3.8, 4) is 5.75 Å². The first-order valence-corrected chi connectivity index (χ1v) is 12.0. The number of amides is 1. The molecule has 1 aromatic carbocycles. The van der Waals surface area contributed by atoms with Crippen LogP contribution in [0, 0.1) is 6.92 Å². The molecular weight excluding hydrogens is 533 g/mol. The zero-order valence-corrected chi connectivity index (χ0v) is 21.1. The highest BCUT2D eigenvalue weighted by molar-refractivity contribution is 9.12. The first kappa shape index (κ1) is 26.3. The molecule has 1 atom stereocenters. The third kappa shape index (κ3) is 5.18. The molecule has 1 amide bonds. The summed E-state index contributed by atoms with van der Waals surface area (Å²) in [5, 5.41) is -1.46. The number of thiocarbonyl (C=S) groups is 1. The van der Waals surface area contributed by atoms with Gasteiger partial charge in [0, 0.05) is 22.4 Å². The molecule has 6 nitrogen and oxygen atoms in total. The van der Waals surface area contributed by atoms with Gasteiger partial charge in [-0.2, -0.15) is 13.2 Å². The molecule has 1 unspecified atom stereocenters. The molecule has 1 aliphatic rings. The standard InChI is InChI=1S/C20H22BrF3N2O4S2/c1-11(2)26(15-7-6-13(30-5)8-12(15)3)32(28,29)18-10-16(14(21)9-17(18)31)25(4)19(27)20(22,23)24/h6-11,18H,1-5H3. The van der Waals surface area contributed by atoms with Crippen LogP contribution in [0.5, 0.6) is 5.75 Å². The number of carbonyl (C=O) groups is 1.